The second-order valence-electron chi connectivity index (χ2n) is 6.79. The molecule has 0 spiro atoms. The van der Waals surface area contributed by atoms with Crippen LogP contribution < -0.4 is 10.6 Å². The number of guanidine groups is 1. The standard InChI is InChI=1S/C18H23F4N5O2S/c1-2-24-17(26-12-15-9-14(10-23)3-4-16(15)19)25-11-13-5-7-27(8-6-13)30(28,29)18(20,21)22/h3-4,9,13H,2,5-8,11-12H2,1H3,(H2,24,25,26). The molecule has 0 bridgehead atoms. The molecule has 2 N–H and O–H groups in total. The van der Waals surface area contributed by atoms with Crippen LogP contribution in [-0.2, 0) is 16.6 Å². The van der Waals surface area contributed by atoms with Gasteiger partial charge in [-0.15, -0.1) is 0 Å². The van der Waals surface area contributed by atoms with Gasteiger partial charge in [0.1, 0.15) is 5.82 Å². The van der Waals surface area contributed by atoms with Gasteiger partial charge < -0.3 is 10.6 Å². The number of alkyl halides is 3. The van der Waals surface area contributed by atoms with Crippen molar-refractivity contribution >= 4 is 16.0 Å². The quantitative estimate of drug-likeness (QED) is 0.395. The van der Waals surface area contributed by atoms with Crippen molar-refractivity contribution in [3.8, 4) is 6.07 Å². The van der Waals surface area contributed by atoms with Crippen molar-refractivity contribution in [3.63, 3.8) is 0 Å². The lowest BCUT2D eigenvalue weighted by atomic mass is 9.98. The van der Waals surface area contributed by atoms with Gasteiger partial charge in [0.2, 0.25) is 0 Å². The van der Waals surface area contributed by atoms with Crippen LogP contribution in [0.25, 0.3) is 0 Å². The van der Waals surface area contributed by atoms with Crippen molar-refractivity contribution in [2.24, 2.45) is 10.9 Å². The number of aliphatic imine (C=N–C) groups is 1. The predicted molar refractivity (Wildman–Crippen MR) is 103 cm³/mol. The predicted octanol–water partition coefficient (Wildman–Crippen LogP) is 2.31. The molecule has 1 aromatic rings. The Kier molecular flexibility index (Phi) is 8.03. The Bertz CT molecular complexity index is 904. The third-order valence-corrected chi connectivity index (χ3v) is 6.32. The van der Waals surface area contributed by atoms with Gasteiger partial charge in [0.05, 0.1) is 18.2 Å². The van der Waals surface area contributed by atoms with E-state index >= 15 is 0 Å². The van der Waals surface area contributed by atoms with Gasteiger partial charge in [0.15, 0.2) is 5.96 Å². The molecule has 0 radical (unpaired) electrons. The molecule has 166 valence electrons. The molecule has 7 nitrogen and oxygen atoms in total. The van der Waals surface area contributed by atoms with Crippen molar-refractivity contribution < 1.29 is 26.0 Å². The van der Waals surface area contributed by atoms with Gasteiger partial charge in [0, 0.05) is 31.7 Å². The van der Waals surface area contributed by atoms with Crippen LogP contribution in [-0.4, -0.2) is 50.4 Å². The van der Waals surface area contributed by atoms with E-state index in [2.05, 4.69) is 15.6 Å². The zero-order valence-corrected chi connectivity index (χ0v) is 17.2. The molecule has 0 saturated carbocycles. The summed E-state index contributed by atoms with van der Waals surface area (Å²) in [6, 6.07) is 5.92. The van der Waals surface area contributed by atoms with Crippen molar-refractivity contribution in [1.29, 1.82) is 5.26 Å². The monoisotopic (exact) mass is 449 g/mol. The van der Waals surface area contributed by atoms with Crippen LogP contribution in [0.2, 0.25) is 0 Å². The molecule has 0 aromatic heterocycles. The topological polar surface area (TPSA) is 97.6 Å². The molecule has 0 aliphatic carbocycles. The first kappa shape index (κ1) is 23.9. The zero-order chi connectivity index (χ0) is 22.4. The minimum absolute atomic E-state index is 0.00103. The first-order valence-electron chi connectivity index (χ1n) is 9.35. The van der Waals surface area contributed by atoms with Crippen molar-refractivity contribution in [2.75, 3.05) is 26.2 Å². The molecule has 12 heteroatoms. The molecular weight excluding hydrogens is 426 g/mol. The molecular formula is C18H23F4N5O2S. The Morgan fingerprint density at radius 3 is 2.53 bits per heavy atom. The van der Waals surface area contributed by atoms with Gasteiger partial charge in [-0.2, -0.15) is 22.7 Å². The number of halogens is 4. The van der Waals surface area contributed by atoms with E-state index in [1.807, 2.05) is 13.0 Å². The first-order chi connectivity index (χ1) is 14.1. The van der Waals surface area contributed by atoms with Crippen LogP contribution in [0.4, 0.5) is 17.6 Å². The molecule has 1 aromatic carbocycles. The van der Waals surface area contributed by atoms with Crippen LogP contribution in [0.15, 0.2) is 23.2 Å². The summed E-state index contributed by atoms with van der Waals surface area (Å²) < 4.78 is 75.2. The lowest BCUT2D eigenvalue weighted by Gasteiger charge is -2.31. The summed E-state index contributed by atoms with van der Waals surface area (Å²) in [6.07, 6.45) is 0.557. The molecule has 1 aliphatic heterocycles. The number of nitriles is 1. The number of nitrogens with one attached hydrogen (secondary N) is 2. The average Bonchev–Trinajstić information content (AvgIpc) is 2.70. The number of rotatable bonds is 6. The van der Waals surface area contributed by atoms with E-state index in [4.69, 9.17) is 5.26 Å². The van der Waals surface area contributed by atoms with E-state index in [9.17, 15) is 26.0 Å². The summed E-state index contributed by atoms with van der Waals surface area (Å²) in [7, 11) is -5.29. The Hall–Kier alpha value is -2.39. The van der Waals surface area contributed by atoms with Crippen LogP contribution in [0.5, 0.6) is 0 Å². The Morgan fingerprint density at radius 2 is 1.97 bits per heavy atom. The van der Waals surface area contributed by atoms with E-state index in [-0.39, 0.29) is 44.0 Å². The normalized spacial score (nSPS) is 16.9. The molecule has 30 heavy (non-hydrogen) atoms. The van der Waals surface area contributed by atoms with Crippen molar-refractivity contribution in [3.05, 3.63) is 35.1 Å². The van der Waals surface area contributed by atoms with Gasteiger partial charge in [-0.05, 0) is 43.9 Å². The molecule has 0 amide bonds. The van der Waals surface area contributed by atoms with E-state index in [1.165, 1.54) is 18.2 Å². The first-order valence-corrected chi connectivity index (χ1v) is 10.8. The second-order valence-corrected chi connectivity index (χ2v) is 8.72. The fraction of sp³-hybridized carbons (Fsp3) is 0.556. The van der Waals surface area contributed by atoms with Crippen molar-refractivity contribution in [2.45, 2.75) is 31.8 Å². The molecule has 1 fully saturated rings. The average molecular weight is 449 g/mol. The number of hydrogen-bond acceptors (Lipinski definition) is 4. The minimum Gasteiger partial charge on any atom is -0.357 e. The molecule has 2 rings (SSSR count). The lowest BCUT2D eigenvalue weighted by Crippen LogP contribution is -2.47. The third kappa shape index (κ3) is 6.06. The fourth-order valence-electron chi connectivity index (χ4n) is 3.01. The highest BCUT2D eigenvalue weighted by molar-refractivity contribution is 7.90. The lowest BCUT2D eigenvalue weighted by molar-refractivity contribution is -0.0496. The van der Waals surface area contributed by atoms with E-state index < -0.39 is 21.3 Å². The van der Waals surface area contributed by atoms with Crippen LogP contribution >= 0.6 is 0 Å². The number of nitrogens with zero attached hydrogens (tertiary/aromatic N) is 3. The number of piperidine rings is 1. The van der Waals surface area contributed by atoms with Gasteiger partial charge >= 0.3 is 15.5 Å². The maximum absolute atomic E-state index is 13.9. The third-order valence-electron chi connectivity index (χ3n) is 4.69. The summed E-state index contributed by atoms with van der Waals surface area (Å²) >= 11 is 0. The Morgan fingerprint density at radius 1 is 1.30 bits per heavy atom. The number of sulfonamides is 1. The highest BCUT2D eigenvalue weighted by Gasteiger charge is 2.50. The molecule has 0 atom stereocenters. The van der Waals surface area contributed by atoms with Crippen LogP contribution in [0, 0.1) is 23.1 Å². The molecule has 0 unspecified atom stereocenters. The summed E-state index contributed by atoms with van der Waals surface area (Å²) in [4.78, 5) is 4.28. The smallest absolute Gasteiger partial charge is 0.357 e. The second kappa shape index (κ2) is 10.1. The Labute approximate surface area is 172 Å². The highest BCUT2D eigenvalue weighted by Crippen LogP contribution is 2.30. The van der Waals surface area contributed by atoms with Crippen molar-refractivity contribution in [1.82, 2.24) is 14.9 Å². The van der Waals surface area contributed by atoms with E-state index in [0.717, 1.165) is 0 Å². The summed E-state index contributed by atoms with van der Waals surface area (Å²) in [5.41, 5.74) is -4.71. The highest BCUT2D eigenvalue weighted by atomic mass is 32.2. The summed E-state index contributed by atoms with van der Waals surface area (Å²) in [5.74, 6) is -0.122. The van der Waals surface area contributed by atoms with E-state index in [1.54, 1.807) is 0 Å². The maximum atomic E-state index is 13.9. The van der Waals surface area contributed by atoms with Gasteiger partial charge in [0.25, 0.3) is 0 Å². The Balaban J connectivity index is 1.93. The van der Waals surface area contributed by atoms with Crippen LogP contribution in [0.3, 0.4) is 0 Å². The van der Waals surface area contributed by atoms with Gasteiger partial charge in [-0.1, -0.05) is 0 Å². The summed E-state index contributed by atoms with van der Waals surface area (Å²) in [5, 5.41) is 15.0. The SMILES string of the molecule is CCNC(=NCc1cc(C#N)ccc1F)NCC1CCN(S(=O)(=O)C(F)(F)F)CC1. The molecule has 1 saturated heterocycles. The largest absolute Gasteiger partial charge is 0.511 e. The summed E-state index contributed by atoms with van der Waals surface area (Å²) in [6.45, 7) is 2.36. The number of hydrogen-bond donors (Lipinski definition) is 2. The van der Waals surface area contributed by atoms with Gasteiger partial charge in [-0.25, -0.2) is 17.8 Å². The molecule has 1 aliphatic rings. The van der Waals surface area contributed by atoms with E-state index in [0.29, 0.717) is 28.9 Å². The minimum atomic E-state index is -5.29. The fourth-order valence-corrected chi connectivity index (χ4v) is 4.00. The maximum Gasteiger partial charge on any atom is 0.511 e. The van der Waals surface area contributed by atoms with Crippen LogP contribution in [0.1, 0.15) is 30.9 Å². The zero-order valence-electron chi connectivity index (χ0n) is 16.3. The molecule has 1 heterocycles. The number of benzene rings is 1. The van der Waals surface area contributed by atoms with Gasteiger partial charge in [-0.3, -0.25) is 0 Å².